The van der Waals surface area contributed by atoms with Crippen molar-refractivity contribution in [1.29, 1.82) is 0 Å². The maximum atomic E-state index is 13.5. The first-order valence-electron chi connectivity index (χ1n) is 13.7. The number of hydrogen-bond donors (Lipinski definition) is 1. The van der Waals surface area contributed by atoms with Crippen LogP contribution < -0.4 is 10.2 Å². The van der Waals surface area contributed by atoms with Crippen LogP contribution >= 0.6 is 11.3 Å². The molecule has 43 heavy (non-hydrogen) atoms. The number of hydrogen-bond acceptors (Lipinski definition) is 12. The zero-order valence-corrected chi connectivity index (χ0v) is 26.1. The molecule has 0 aliphatic carbocycles. The fourth-order valence-electron chi connectivity index (χ4n) is 4.38. The third kappa shape index (κ3) is 7.36. The maximum absolute atomic E-state index is 13.5. The van der Waals surface area contributed by atoms with E-state index in [1.807, 2.05) is 33.3 Å². The van der Waals surface area contributed by atoms with Gasteiger partial charge in [-0.15, -0.1) is 0 Å². The average Bonchev–Trinajstić information content (AvgIpc) is 3.75. The van der Waals surface area contributed by atoms with E-state index in [2.05, 4.69) is 30.4 Å². The summed E-state index contributed by atoms with van der Waals surface area (Å²) in [7, 11) is 4.25. The number of benzene rings is 1. The lowest BCUT2D eigenvalue weighted by atomic mass is 10.1. The van der Waals surface area contributed by atoms with E-state index in [0.29, 0.717) is 39.8 Å². The van der Waals surface area contributed by atoms with Gasteiger partial charge in [-0.2, -0.15) is 5.10 Å². The van der Waals surface area contributed by atoms with Crippen LogP contribution in [-0.4, -0.2) is 97.4 Å². The second kappa shape index (κ2) is 13.2. The average molecular weight is 627 g/mol. The molecule has 1 aliphatic heterocycles. The molecule has 1 aromatic carbocycles. The Morgan fingerprint density at radius 1 is 1.14 bits per heavy atom. The van der Waals surface area contributed by atoms with Crippen molar-refractivity contribution in [3.63, 3.8) is 0 Å². The second-order valence-electron chi connectivity index (χ2n) is 10.4. The molecule has 3 aromatic heterocycles. The minimum absolute atomic E-state index is 0.0413. The number of amides is 1. The summed E-state index contributed by atoms with van der Waals surface area (Å²) < 4.78 is 32.9. The van der Waals surface area contributed by atoms with Crippen LogP contribution in [0.5, 0.6) is 0 Å². The number of sulfone groups is 1. The van der Waals surface area contributed by atoms with Crippen molar-refractivity contribution in [2.24, 2.45) is 12.2 Å². The number of nitrogens with one attached hydrogen (secondary N) is 1. The summed E-state index contributed by atoms with van der Waals surface area (Å²) in [6, 6.07) is 11.6. The summed E-state index contributed by atoms with van der Waals surface area (Å²) in [6.07, 6.45) is 2.22. The van der Waals surface area contributed by atoms with Crippen LogP contribution in [0.25, 0.3) is 10.3 Å². The van der Waals surface area contributed by atoms with Gasteiger partial charge in [0, 0.05) is 45.6 Å². The third-order valence-corrected chi connectivity index (χ3v) is 9.93. The van der Waals surface area contributed by atoms with Crippen molar-refractivity contribution in [3.8, 4) is 0 Å². The van der Waals surface area contributed by atoms with Gasteiger partial charge in [0.2, 0.25) is 0 Å². The van der Waals surface area contributed by atoms with E-state index < -0.39 is 21.0 Å². The third-order valence-electron chi connectivity index (χ3n) is 6.87. The van der Waals surface area contributed by atoms with E-state index in [0.717, 1.165) is 18.9 Å². The van der Waals surface area contributed by atoms with E-state index in [4.69, 9.17) is 14.6 Å². The van der Waals surface area contributed by atoms with Crippen LogP contribution in [0, 0.1) is 0 Å². The minimum Gasteiger partial charge on any atom is -0.389 e. The van der Waals surface area contributed by atoms with Gasteiger partial charge >= 0.3 is 0 Å². The Morgan fingerprint density at radius 2 is 1.93 bits per heavy atom. The van der Waals surface area contributed by atoms with E-state index in [1.165, 1.54) is 23.5 Å². The molecule has 13 nitrogen and oxygen atoms in total. The molecule has 0 spiro atoms. The predicted octanol–water partition coefficient (Wildman–Crippen LogP) is 2.54. The molecule has 0 saturated carbocycles. The number of aryl methyl sites for hydroxylation is 1. The van der Waals surface area contributed by atoms with Gasteiger partial charge in [-0.05, 0) is 50.8 Å². The summed E-state index contributed by atoms with van der Waals surface area (Å²) >= 11 is 1.25. The molecule has 0 bridgehead atoms. The number of likely N-dealkylation sites (N-methyl/N-ethyl adjacent to an activating group) is 2. The highest BCUT2D eigenvalue weighted by Crippen LogP contribution is 2.27. The number of oxime groups is 1. The molecule has 0 unspecified atom stereocenters. The smallest absolute Gasteiger partial charge is 0.280 e. The second-order valence-corrected chi connectivity index (χ2v) is 13.6. The van der Waals surface area contributed by atoms with Crippen LogP contribution in [-0.2, 0) is 37.9 Å². The highest BCUT2D eigenvalue weighted by molar-refractivity contribution is 7.92. The van der Waals surface area contributed by atoms with Gasteiger partial charge in [0.1, 0.15) is 21.9 Å². The Bertz CT molecular complexity index is 1710. The molecular weight excluding hydrogens is 592 g/mol. The molecule has 1 saturated heterocycles. The quantitative estimate of drug-likeness (QED) is 0.184. The number of anilines is 2. The Hall–Kier alpha value is -3.92. The summed E-state index contributed by atoms with van der Waals surface area (Å²) in [5.41, 5.74) is 1.62. The number of aromatic nitrogens is 4. The first kappa shape index (κ1) is 30.5. The monoisotopic (exact) mass is 626 g/mol. The molecule has 1 atom stereocenters. The number of carbonyl (C=O) groups excluding carboxylic acids is 1. The van der Waals surface area contributed by atoms with Gasteiger partial charge < -0.3 is 19.4 Å². The molecule has 4 heterocycles. The molecule has 0 radical (unpaired) electrons. The lowest BCUT2D eigenvalue weighted by molar-refractivity contribution is -0.110. The maximum Gasteiger partial charge on any atom is 0.280 e. The van der Waals surface area contributed by atoms with Crippen LogP contribution in [0.1, 0.15) is 17.7 Å². The van der Waals surface area contributed by atoms with Crippen molar-refractivity contribution in [2.75, 3.05) is 57.7 Å². The van der Waals surface area contributed by atoms with Gasteiger partial charge in [0.25, 0.3) is 5.91 Å². The normalized spacial score (nSPS) is 15.7. The number of thiazole rings is 1. The standard InChI is InChI=1S/C28H34N8O5S2/c1-34(2)14-15-35(3)24-10-9-23-27(30-24)42-28(29-23)31-26(37)25(33-41-17-20-11-13-36(4)32-20)19-5-7-21(8-6-19)43(38,39)22-12-16-40-18-22/h5-11,13,22H,12,14-18H2,1-4H3,(H,29,31,37)/t22-/m0/s1. The molecule has 5 rings (SSSR count). The van der Waals surface area contributed by atoms with E-state index >= 15 is 0 Å². The highest BCUT2D eigenvalue weighted by atomic mass is 32.2. The number of fused-ring (bicyclic) bond motifs is 1. The van der Waals surface area contributed by atoms with Gasteiger partial charge in [-0.1, -0.05) is 28.6 Å². The van der Waals surface area contributed by atoms with Crippen LogP contribution in [0.2, 0.25) is 0 Å². The Labute approximate surface area is 254 Å². The van der Waals surface area contributed by atoms with Crippen LogP contribution in [0.4, 0.5) is 10.9 Å². The van der Waals surface area contributed by atoms with Crippen molar-refractivity contribution in [3.05, 3.63) is 59.9 Å². The fourth-order valence-corrected chi connectivity index (χ4v) is 6.79. The molecule has 1 N–H and O–H groups in total. The van der Waals surface area contributed by atoms with Gasteiger partial charge in [-0.25, -0.2) is 18.4 Å². The first-order valence-corrected chi connectivity index (χ1v) is 16.0. The molecule has 1 fully saturated rings. The summed E-state index contributed by atoms with van der Waals surface area (Å²) in [5.74, 6) is 0.239. The molecule has 1 amide bonds. The number of carbonyl (C=O) groups is 1. The van der Waals surface area contributed by atoms with Gasteiger partial charge in [0.15, 0.2) is 27.3 Å². The number of ether oxygens (including phenoxy) is 1. The summed E-state index contributed by atoms with van der Waals surface area (Å²) in [5, 5.41) is 10.9. The van der Waals surface area contributed by atoms with Gasteiger partial charge in [-0.3, -0.25) is 14.8 Å². The zero-order valence-electron chi connectivity index (χ0n) is 24.4. The molecule has 228 valence electrons. The minimum atomic E-state index is -3.56. The molecule has 4 aromatic rings. The number of rotatable bonds is 12. The number of pyridine rings is 1. The molecule has 15 heteroatoms. The van der Waals surface area contributed by atoms with Crippen molar-refractivity contribution < 1.29 is 22.8 Å². The van der Waals surface area contributed by atoms with Crippen molar-refractivity contribution in [2.45, 2.75) is 23.2 Å². The zero-order chi connectivity index (χ0) is 30.6. The van der Waals surface area contributed by atoms with Crippen LogP contribution in [0.3, 0.4) is 0 Å². The van der Waals surface area contributed by atoms with Gasteiger partial charge in [0.05, 0.1) is 16.8 Å². The van der Waals surface area contributed by atoms with Crippen LogP contribution in [0.15, 0.2) is 58.7 Å². The van der Waals surface area contributed by atoms with Crippen molar-refractivity contribution in [1.82, 2.24) is 24.6 Å². The SMILES string of the molecule is CN(C)CCN(C)c1ccc2nc(NC(=O)C(=NOCc3ccn(C)n3)c3ccc(S(=O)(=O)[C@H]4CCOC4)cc3)sc2n1. The largest absolute Gasteiger partial charge is 0.389 e. The Morgan fingerprint density at radius 3 is 2.60 bits per heavy atom. The predicted molar refractivity (Wildman–Crippen MR) is 165 cm³/mol. The number of nitrogens with zero attached hydrogens (tertiary/aromatic N) is 7. The van der Waals surface area contributed by atoms with E-state index in [1.54, 1.807) is 36.1 Å². The van der Waals surface area contributed by atoms with Crippen molar-refractivity contribution >= 4 is 54.1 Å². The Kier molecular flexibility index (Phi) is 9.34. The summed E-state index contributed by atoms with van der Waals surface area (Å²) in [4.78, 5) is 33.3. The Balaban J connectivity index is 1.37. The van der Waals surface area contributed by atoms with E-state index in [9.17, 15) is 13.2 Å². The first-order chi connectivity index (χ1) is 20.6. The molecule has 1 aliphatic rings. The fraction of sp³-hybridized carbons (Fsp3) is 0.393. The van der Waals surface area contributed by atoms with E-state index in [-0.39, 0.29) is 23.8 Å². The topological polar surface area (TPSA) is 144 Å². The molecular formula is C28H34N8O5S2. The highest BCUT2D eigenvalue weighted by Gasteiger charge is 2.31. The lowest BCUT2D eigenvalue weighted by Crippen LogP contribution is -2.28. The lowest BCUT2D eigenvalue weighted by Gasteiger charge is -2.20. The summed E-state index contributed by atoms with van der Waals surface area (Å²) in [6.45, 7) is 2.32.